The molecule has 34 heavy (non-hydrogen) atoms. The molecule has 0 heterocycles. The minimum Gasteiger partial charge on any atom is -0.494 e. The van der Waals surface area contributed by atoms with Gasteiger partial charge in [-0.25, -0.2) is 0 Å². The first kappa shape index (κ1) is 25.1. The number of carbonyl (C=O) groups excluding carboxylic acids is 1. The lowest BCUT2D eigenvalue weighted by Gasteiger charge is -2.12. The minimum atomic E-state index is -0.287. The molecule has 178 valence electrons. The monoisotopic (exact) mass is 478 g/mol. The van der Waals surface area contributed by atoms with E-state index in [9.17, 15) is 4.79 Å². The zero-order chi connectivity index (χ0) is 24.2. The maximum atomic E-state index is 12.5. The third kappa shape index (κ3) is 8.75. The van der Waals surface area contributed by atoms with Crippen molar-refractivity contribution in [1.82, 2.24) is 5.32 Å². The number of hydrogen-bond donors (Lipinski definition) is 2. The van der Waals surface area contributed by atoms with Gasteiger partial charge in [0.2, 0.25) is 0 Å². The van der Waals surface area contributed by atoms with Crippen LogP contribution in [0.1, 0.15) is 30.6 Å². The quantitative estimate of drug-likeness (QED) is 0.272. The Labute approximate surface area is 206 Å². The molecule has 0 aliphatic carbocycles. The molecule has 0 bridgehead atoms. The van der Waals surface area contributed by atoms with Crippen LogP contribution in [0.5, 0.6) is 17.2 Å². The van der Waals surface area contributed by atoms with Gasteiger partial charge in [-0.05, 0) is 85.2 Å². The molecule has 0 atom stereocenters. The largest absolute Gasteiger partial charge is 0.494 e. The topological polar surface area (TPSA) is 68.8 Å². The molecule has 2 N–H and O–H groups in total. The van der Waals surface area contributed by atoms with Crippen LogP contribution in [0.3, 0.4) is 0 Å². The molecule has 0 aromatic heterocycles. The molecule has 0 unspecified atom stereocenters. The number of ether oxygens (including phenoxy) is 3. The molecule has 0 radical (unpaired) electrons. The number of carbonyl (C=O) groups is 1. The second-order valence-electron chi connectivity index (χ2n) is 8.00. The van der Waals surface area contributed by atoms with Gasteiger partial charge in [-0.1, -0.05) is 32.0 Å². The van der Waals surface area contributed by atoms with Crippen molar-refractivity contribution in [3.8, 4) is 17.2 Å². The standard InChI is InChI=1S/C27H30N2O4S/c1-20(2)16-17-31-24-12-8-21(9-13-24)26(30)29-27(34)28-22-10-14-25(15-11-22)33-19-18-32-23-6-4-3-5-7-23/h3-15,20H,16-19H2,1-2H3,(H2,28,29,30,34). The lowest BCUT2D eigenvalue weighted by Crippen LogP contribution is -2.34. The maximum Gasteiger partial charge on any atom is 0.257 e. The van der Waals surface area contributed by atoms with E-state index in [1.165, 1.54) is 0 Å². The van der Waals surface area contributed by atoms with Crippen LogP contribution >= 0.6 is 12.2 Å². The molecule has 0 saturated carbocycles. The molecule has 3 aromatic carbocycles. The number of hydrogen-bond acceptors (Lipinski definition) is 5. The summed E-state index contributed by atoms with van der Waals surface area (Å²) in [5.41, 5.74) is 1.24. The summed E-state index contributed by atoms with van der Waals surface area (Å²) >= 11 is 5.27. The number of rotatable bonds is 11. The van der Waals surface area contributed by atoms with Crippen LogP contribution < -0.4 is 24.8 Å². The van der Waals surface area contributed by atoms with E-state index < -0.39 is 0 Å². The highest BCUT2D eigenvalue weighted by Gasteiger charge is 2.09. The molecule has 6 nitrogen and oxygen atoms in total. The first-order valence-corrected chi connectivity index (χ1v) is 11.7. The van der Waals surface area contributed by atoms with Gasteiger partial charge in [0.25, 0.3) is 5.91 Å². The van der Waals surface area contributed by atoms with Crippen molar-refractivity contribution in [2.75, 3.05) is 25.1 Å². The highest BCUT2D eigenvalue weighted by Crippen LogP contribution is 2.17. The lowest BCUT2D eigenvalue weighted by atomic mass is 10.1. The summed E-state index contributed by atoms with van der Waals surface area (Å²) in [7, 11) is 0. The fraction of sp³-hybridized carbons (Fsp3) is 0.259. The summed E-state index contributed by atoms with van der Waals surface area (Å²) in [4.78, 5) is 12.5. The van der Waals surface area contributed by atoms with E-state index in [-0.39, 0.29) is 11.0 Å². The van der Waals surface area contributed by atoms with E-state index in [1.54, 1.807) is 24.3 Å². The van der Waals surface area contributed by atoms with Crippen LogP contribution in [-0.4, -0.2) is 30.8 Å². The second kappa shape index (κ2) is 13.2. The Kier molecular flexibility index (Phi) is 9.73. The second-order valence-corrected chi connectivity index (χ2v) is 8.41. The molecule has 3 rings (SSSR count). The molecule has 0 spiro atoms. The van der Waals surface area contributed by atoms with Gasteiger partial charge in [0.1, 0.15) is 30.5 Å². The first-order chi connectivity index (χ1) is 16.5. The Balaban J connectivity index is 1.38. The van der Waals surface area contributed by atoms with Crippen LogP contribution in [0.4, 0.5) is 5.69 Å². The zero-order valence-corrected chi connectivity index (χ0v) is 20.3. The minimum absolute atomic E-state index is 0.215. The van der Waals surface area contributed by atoms with Gasteiger partial charge >= 0.3 is 0 Å². The van der Waals surface area contributed by atoms with Gasteiger partial charge < -0.3 is 19.5 Å². The van der Waals surface area contributed by atoms with Crippen molar-refractivity contribution in [3.63, 3.8) is 0 Å². The summed E-state index contributed by atoms with van der Waals surface area (Å²) in [5.74, 6) is 2.57. The molecule has 0 aliphatic heterocycles. The Hall–Kier alpha value is -3.58. The summed E-state index contributed by atoms with van der Waals surface area (Å²) < 4.78 is 17.0. The average molecular weight is 479 g/mol. The van der Waals surface area contributed by atoms with Crippen molar-refractivity contribution < 1.29 is 19.0 Å². The van der Waals surface area contributed by atoms with Crippen molar-refractivity contribution in [1.29, 1.82) is 0 Å². The molecular formula is C27H30N2O4S. The first-order valence-electron chi connectivity index (χ1n) is 11.3. The fourth-order valence-electron chi connectivity index (χ4n) is 2.92. The molecule has 0 aliphatic rings. The molecular weight excluding hydrogens is 448 g/mol. The van der Waals surface area contributed by atoms with E-state index in [0.717, 1.165) is 23.6 Å². The van der Waals surface area contributed by atoms with Gasteiger partial charge in [0.15, 0.2) is 5.11 Å². The average Bonchev–Trinajstić information content (AvgIpc) is 2.83. The number of nitrogens with one attached hydrogen (secondary N) is 2. The Morgan fingerprint density at radius 2 is 1.29 bits per heavy atom. The van der Waals surface area contributed by atoms with Crippen LogP contribution in [0.15, 0.2) is 78.9 Å². The summed E-state index contributed by atoms with van der Waals surface area (Å²) in [6.07, 6.45) is 0.984. The molecule has 0 fully saturated rings. The molecule has 1 amide bonds. The van der Waals surface area contributed by atoms with Crippen LogP contribution in [0, 0.1) is 5.92 Å². The van der Waals surface area contributed by atoms with Crippen LogP contribution in [0.25, 0.3) is 0 Å². The molecule has 0 saturated heterocycles. The van der Waals surface area contributed by atoms with Crippen molar-refractivity contribution in [2.24, 2.45) is 5.92 Å². The summed E-state index contributed by atoms with van der Waals surface area (Å²) in [5, 5.41) is 5.91. The third-order valence-corrected chi connectivity index (χ3v) is 4.99. The Morgan fingerprint density at radius 3 is 1.88 bits per heavy atom. The van der Waals surface area contributed by atoms with E-state index in [1.807, 2.05) is 54.6 Å². The maximum absolute atomic E-state index is 12.5. The SMILES string of the molecule is CC(C)CCOc1ccc(C(=O)NC(=S)Nc2ccc(OCCOc3ccccc3)cc2)cc1. The third-order valence-electron chi connectivity index (χ3n) is 4.78. The molecule has 7 heteroatoms. The van der Waals surface area contributed by atoms with Gasteiger partial charge in [-0.3, -0.25) is 10.1 Å². The van der Waals surface area contributed by atoms with E-state index >= 15 is 0 Å². The van der Waals surface area contributed by atoms with Crippen LogP contribution in [-0.2, 0) is 0 Å². The smallest absolute Gasteiger partial charge is 0.257 e. The summed E-state index contributed by atoms with van der Waals surface area (Å²) in [6, 6.07) is 23.9. The zero-order valence-electron chi connectivity index (χ0n) is 19.5. The fourth-order valence-corrected chi connectivity index (χ4v) is 3.13. The predicted octanol–water partition coefficient (Wildman–Crippen LogP) is 5.70. The highest BCUT2D eigenvalue weighted by atomic mass is 32.1. The predicted molar refractivity (Wildman–Crippen MR) is 139 cm³/mol. The normalized spacial score (nSPS) is 10.4. The van der Waals surface area contributed by atoms with E-state index in [0.29, 0.717) is 37.1 Å². The van der Waals surface area contributed by atoms with Gasteiger partial charge in [-0.15, -0.1) is 0 Å². The summed E-state index contributed by atoms with van der Waals surface area (Å²) in [6.45, 7) is 5.84. The Morgan fingerprint density at radius 1 is 0.765 bits per heavy atom. The number of benzene rings is 3. The highest BCUT2D eigenvalue weighted by molar-refractivity contribution is 7.80. The number of thiocarbonyl (C=S) groups is 1. The van der Waals surface area contributed by atoms with Gasteiger partial charge in [0.05, 0.1) is 6.61 Å². The van der Waals surface area contributed by atoms with E-state index in [2.05, 4.69) is 24.5 Å². The number of anilines is 1. The Bertz CT molecular complexity index is 1040. The van der Waals surface area contributed by atoms with Gasteiger partial charge in [0, 0.05) is 11.3 Å². The van der Waals surface area contributed by atoms with Crippen molar-refractivity contribution in [2.45, 2.75) is 20.3 Å². The number of para-hydroxylation sites is 1. The van der Waals surface area contributed by atoms with Crippen molar-refractivity contribution >= 4 is 28.9 Å². The van der Waals surface area contributed by atoms with Crippen LogP contribution in [0.2, 0.25) is 0 Å². The van der Waals surface area contributed by atoms with Crippen molar-refractivity contribution in [3.05, 3.63) is 84.4 Å². The molecule has 3 aromatic rings. The number of amides is 1. The lowest BCUT2D eigenvalue weighted by molar-refractivity contribution is 0.0977. The van der Waals surface area contributed by atoms with E-state index in [4.69, 9.17) is 26.4 Å². The van der Waals surface area contributed by atoms with Gasteiger partial charge in [-0.2, -0.15) is 0 Å².